The molecular formula is C15H11F3O2. The Morgan fingerprint density at radius 3 is 2.50 bits per heavy atom. The lowest BCUT2D eigenvalue weighted by Gasteiger charge is -2.10. The molecule has 0 unspecified atom stereocenters. The maximum Gasteiger partial charge on any atom is 0.416 e. The molecule has 2 aromatic carbocycles. The van der Waals surface area contributed by atoms with Gasteiger partial charge in [0.25, 0.3) is 0 Å². The summed E-state index contributed by atoms with van der Waals surface area (Å²) in [7, 11) is 0. The summed E-state index contributed by atoms with van der Waals surface area (Å²) in [6, 6.07) is 11.4. The van der Waals surface area contributed by atoms with Gasteiger partial charge in [0.1, 0.15) is 18.6 Å². The third kappa shape index (κ3) is 3.60. The van der Waals surface area contributed by atoms with Crippen LogP contribution in [0.3, 0.4) is 0 Å². The van der Waals surface area contributed by atoms with Crippen molar-refractivity contribution in [3.05, 3.63) is 65.2 Å². The predicted molar refractivity (Wildman–Crippen MR) is 67.6 cm³/mol. The Kier molecular flexibility index (Phi) is 4.08. The molecule has 0 N–H and O–H groups in total. The number of hydrogen-bond donors (Lipinski definition) is 0. The standard InChI is InChI=1S/C15H11F3O2/c16-15(17,18)13-5-1-4-12(7-13)10-20-14-6-2-3-11(8-14)9-19/h1-9H,10H2. The number of halogens is 3. The van der Waals surface area contributed by atoms with Crippen LogP contribution in [0.25, 0.3) is 0 Å². The summed E-state index contributed by atoms with van der Waals surface area (Å²) in [5.41, 5.74) is 0.156. The first-order valence-corrected chi connectivity index (χ1v) is 5.83. The van der Waals surface area contributed by atoms with E-state index in [4.69, 9.17) is 4.74 Å². The van der Waals surface area contributed by atoms with E-state index in [0.717, 1.165) is 12.1 Å². The summed E-state index contributed by atoms with van der Waals surface area (Å²) < 4.78 is 43.0. The number of alkyl halides is 3. The quantitative estimate of drug-likeness (QED) is 0.788. The molecule has 0 saturated heterocycles. The number of hydrogen-bond acceptors (Lipinski definition) is 2. The number of rotatable bonds is 4. The van der Waals surface area contributed by atoms with Crippen LogP contribution in [-0.4, -0.2) is 6.29 Å². The second-order valence-corrected chi connectivity index (χ2v) is 4.18. The normalized spacial score (nSPS) is 11.2. The Hall–Kier alpha value is -2.30. The van der Waals surface area contributed by atoms with Gasteiger partial charge in [0.2, 0.25) is 0 Å². The van der Waals surface area contributed by atoms with E-state index in [1.807, 2.05) is 0 Å². The van der Waals surface area contributed by atoms with Gasteiger partial charge in [-0.25, -0.2) is 0 Å². The SMILES string of the molecule is O=Cc1cccc(OCc2cccc(C(F)(F)F)c2)c1. The summed E-state index contributed by atoms with van der Waals surface area (Å²) in [4.78, 5) is 10.6. The van der Waals surface area contributed by atoms with Crippen LogP contribution in [0.1, 0.15) is 21.5 Å². The van der Waals surface area contributed by atoms with Gasteiger partial charge in [-0.1, -0.05) is 24.3 Å². The number of benzene rings is 2. The second-order valence-electron chi connectivity index (χ2n) is 4.18. The van der Waals surface area contributed by atoms with Gasteiger partial charge in [0.05, 0.1) is 5.56 Å². The first-order valence-electron chi connectivity index (χ1n) is 5.83. The lowest BCUT2D eigenvalue weighted by Crippen LogP contribution is -2.06. The van der Waals surface area contributed by atoms with Crippen LogP contribution in [0.2, 0.25) is 0 Å². The van der Waals surface area contributed by atoms with E-state index in [0.29, 0.717) is 23.2 Å². The molecule has 0 atom stereocenters. The van der Waals surface area contributed by atoms with Crippen molar-refractivity contribution in [3.8, 4) is 5.75 Å². The molecule has 5 heteroatoms. The maximum absolute atomic E-state index is 12.6. The Morgan fingerprint density at radius 2 is 1.80 bits per heavy atom. The van der Waals surface area contributed by atoms with E-state index in [1.165, 1.54) is 12.1 Å². The molecule has 2 rings (SSSR count). The molecular weight excluding hydrogens is 269 g/mol. The molecule has 0 amide bonds. The van der Waals surface area contributed by atoms with Crippen LogP contribution in [0.4, 0.5) is 13.2 Å². The average Bonchev–Trinajstić information content (AvgIpc) is 2.45. The molecule has 2 nitrogen and oxygen atoms in total. The van der Waals surface area contributed by atoms with Crippen LogP contribution in [0.15, 0.2) is 48.5 Å². The van der Waals surface area contributed by atoms with Crippen molar-refractivity contribution in [3.63, 3.8) is 0 Å². The Balaban J connectivity index is 2.09. The van der Waals surface area contributed by atoms with Crippen molar-refractivity contribution in [2.24, 2.45) is 0 Å². The second kappa shape index (κ2) is 5.77. The van der Waals surface area contributed by atoms with Crippen molar-refractivity contribution >= 4 is 6.29 Å². The lowest BCUT2D eigenvalue weighted by molar-refractivity contribution is -0.137. The highest BCUT2D eigenvalue weighted by Crippen LogP contribution is 2.29. The first-order chi connectivity index (χ1) is 9.49. The molecule has 20 heavy (non-hydrogen) atoms. The summed E-state index contributed by atoms with van der Waals surface area (Å²) in [5, 5.41) is 0. The van der Waals surface area contributed by atoms with Gasteiger partial charge in [0, 0.05) is 5.56 Å². The van der Waals surface area contributed by atoms with Gasteiger partial charge in [-0.2, -0.15) is 13.2 Å². The number of carbonyl (C=O) groups excluding carboxylic acids is 1. The van der Waals surface area contributed by atoms with Crippen molar-refractivity contribution in [2.75, 3.05) is 0 Å². The molecule has 0 aromatic heterocycles. The topological polar surface area (TPSA) is 26.3 Å². The van der Waals surface area contributed by atoms with E-state index in [2.05, 4.69) is 0 Å². The summed E-state index contributed by atoms with van der Waals surface area (Å²) in [6.45, 7) is 0.00618. The zero-order valence-electron chi connectivity index (χ0n) is 10.4. The third-order valence-electron chi connectivity index (χ3n) is 2.65. The monoisotopic (exact) mass is 280 g/mol. The fourth-order valence-electron chi connectivity index (χ4n) is 1.68. The Morgan fingerprint density at radius 1 is 1.05 bits per heavy atom. The van der Waals surface area contributed by atoms with Crippen LogP contribution in [0.5, 0.6) is 5.75 Å². The minimum Gasteiger partial charge on any atom is -0.489 e. The Labute approximate surface area is 113 Å². The highest BCUT2D eigenvalue weighted by atomic mass is 19.4. The minimum atomic E-state index is -4.37. The summed E-state index contributed by atoms with van der Waals surface area (Å²) in [6.07, 6.45) is -3.69. The van der Waals surface area contributed by atoms with E-state index < -0.39 is 11.7 Å². The van der Waals surface area contributed by atoms with Crippen molar-refractivity contribution < 1.29 is 22.7 Å². The number of aldehydes is 1. The molecule has 0 aliphatic heterocycles. The summed E-state index contributed by atoms with van der Waals surface area (Å²) >= 11 is 0. The van der Waals surface area contributed by atoms with Gasteiger partial charge in [-0.15, -0.1) is 0 Å². The van der Waals surface area contributed by atoms with Gasteiger partial charge in [-0.3, -0.25) is 4.79 Å². The number of carbonyl (C=O) groups is 1. The molecule has 2 aromatic rings. The van der Waals surface area contributed by atoms with Gasteiger partial charge >= 0.3 is 6.18 Å². The molecule has 104 valence electrons. The third-order valence-corrected chi connectivity index (χ3v) is 2.65. The minimum absolute atomic E-state index is 0.00618. The van der Waals surface area contributed by atoms with Gasteiger partial charge in [-0.05, 0) is 29.8 Å². The molecule has 0 aliphatic carbocycles. The van der Waals surface area contributed by atoms with Crippen molar-refractivity contribution in [2.45, 2.75) is 12.8 Å². The highest BCUT2D eigenvalue weighted by Gasteiger charge is 2.30. The fourth-order valence-corrected chi connectivity index (χ4v) is 1.68. The molecule has 0 heterocycles. The smallest absolute Gasteiger partial charge is 0.416 e. The van der Waals surface area contributed by atoms with Crippen molar-refractivity contribution in [1.82, 2.24) is 0 Å². The fraction of sp³-hybridized carbons (Fsp3) is 0.133. The molecule has 0 bridgehead atoms. The van der Waals surface area contributed by atoms with E-state index in [-0.39, 0.29) is 6.61 Å². The van der Waals surface area contributed by atoms with Crippen molar-refractivity contribution in [1.29, 1.82) is 0 Å². The van der Waals surface area contributed by atoms with E-state index in [9.17, 15) is 18.0 Å². The number of ether oxygens (including phenoxy) is 1. The molecule has 0 spiro atoms. The lowest BCUT2D eigenvalue weighted by atomic mass is 10.1. The van der Waals surface area contributed by atoms with E-state index >= 15 is 0 Å². The predicted octanol–water partition coefficient (Wildman–Crippen LogP) is 4.10. The van der Waals surface area contributed by atoms with Crippen LogP contribution >= 0.6 is 0 Å². The van der Waals surface area contributed by atoms with Crippen LogP contribution < -0.4 is 4.74 Å². The largest absolute Gasteiger partial charge is 0.489 e. The van der Waals surface area contributed by atoms with Gasteiger partial charge in [0.15, 0.2) is 0 Å². The zero-order valence-corrected chi connectivity index (χ0v) is 10.4. The maximum atomic E-state index is 12.6. The molecule has 0 aliphatic rings. The molecule has 0 saturated carbocycles. The van der Waals surface area contributed by atoms with E-state index in [1.54, 1.807) is 24.3 Å². The molecule has 0 radical (unpaired) electrons. The summed E-state index contributed by atoms with van der Waals surface area (Å²) in [5.74, 6) is 0.437. The van der Waals surface area contributed by atoms with Crippen LogP contribution in [0, 0.1) is 0 Å². The zero-order chi connectivity index (χ0) is 14.6. The van der Waals surface area contributed by atoms with Gasteiger partial charge < -0.3 is 4.74 Å². The Bertz CT molecular complexity index is 606. The van der Waals surface area contributed by atoms with Crippen LogP contribution in [-0.2, 0) is 12.8 Å². The molecule has 0 fully saturated rings. The highest BCUT2D eigenvalue weighted by molar-refractivity contribution is 5.75. The average molecular weight is 280 g/mol. The first kappa shape index (κ1) is 14.1.